The largest absolute Gasteiger partial charge is 0.248 e. The molecule has 12 aromatic carbocycles. The molecule has 0 fully saturated rings. The second-order valence-electron chi connectivity index (χ2n) is 26.3. The third-order valence-corrected chi connectivity index (χ3v) is 20.4. The van der Waals surface area contributed by atoms with Gasteiger partial charge in [0, 0.05) is 159 Å². The first-order chi connectivity index (χ1) is 52.0. The SMILES string of the molecule is c1ccc2c(-c3cnc(-c4ccc(C(c5ccc(-c6ncc(-c7c8ccccc8nc8ccccc78)cn6)cc5)(c5ccc(-c6ncc(-c7c8ccccc8nc8ccccc78)cn6)cc5)c5ccc(-c6ncc(-c7c8ccccc8nc8ccccc78)cn6)cc5)cc4)nc3)c3ccccc3nc2c1. The Balaban J connectivity index is 0.725. The van der Waals surface area contributed by atoms with Gasteiger partial charge in [-0.1, -0.05) is 243 Å². The van der Waals surface area contributed by atoms with Crippen LogP contribution in [0, 0.1) is 0 Å². The van der Waals surface area contributed by atoms with Gasteiger partial charge in [0.1, 0.15) is 0 Å². The summed E-state index contributed by atoms with van der Waals surface area (Å²) in [6.07, 6.45) is 15.4. The van der Waals surface area contributed by atoms with Crippen molar-refractivity contribution in [1.29, 1.82) is 0 Å². The van der Waals surface area contributed by atoms with Crippen LogP contribution in [0.15, 0.2) is 341 Å². The first-order valence-electron chi connectivity index (χ1n) is 34.9. The predicted molar refractivity (Wildman–Crippen MR) is 422 cm³/mol. The molecule has 0 N–H and O–H groups in total. The van der Waals surface area contributed by atoms with Gasteiger partial charge >= 0.3 is 0 Å². The molecule has 0 aliphatic rings. The van der Waals surface area contributed by atoms with E-state index in [0.717, 1.165) is 176 Å². The van der Waals surface area contributed by atoms with Crippen LogP contribution in [0.25, 0.3) is 177 Å². The van der Waals surface area contributed by atoms with Gasteiger partial charge in [-0.05, 0) is 70.8 Å². The normalized spacial score (nSPS) is 11.8. The van der Waals surface area contributed by atoms with E-state index in [-0.39, 0.29) is 0 Å². The Bertz CT molecular complexity index is 5730. The molecule has 8 heterocycles. The number of hydrogen-bond donors (Lipinski definition) is 0. The maximum Gasteiger partial charge on any atom is 0.159 e. The first kappa shape index (κ1) is 60.6. The molecule has 8 aromatic heterocycles. The van der Waals surface area contributed by atoms with E-state index in [1.807, 2.05) is 98.1 Å². The van der Waals surface area contributed by atoms with Gasteiger partial charge in [0.2, 0.25) is 0 Å². The van der Waals surface area contributed by atoms with E-state index in [1.165, 1.54) is 0 Å². The Morgan fingerprint density at radius 3 is 0.467 bits per heavy atom. The molecule has 20 aromatic rings. The number of pyridine rings is 4. The fourth-order valence-electron chi connectivity index (χ4n) is 15.5. The molecule has 20 rings (SSSR count). The lowest BCUT2D eigenvalue weighted by Crippen LogP contribution is -2.31. The summed E-state index contributed by atoms with van der Waals surface area (Å²) in [5.41, 5.74) is 21.6. The Labute approximate surface area is 602 Å². The van der Waals surface area contributed by atoms with Crippen molar-refractivity contribution in [3.05, 3.63) is 363 Å². The molecule has 105 heavy (non-hydrogen) atoms. The lowest BCUT2D eigenvalue weighted by molar-refractivity contribution is 0.745. The van der Waals surface area contributed by atoms with Crippen LogP contribution in [0.4, 0.5) is 0 Å². The zero-order chi connectivity index (χ0) is 69.4. The molecule has 12 nitrogen and oxygen atoms in total. The minimum Gasteiger partial charge on any atom is -0.248 e. The summed E-state index contributed by atoms with van der Waals surface area (Å²) < 4.78 is 0. The lowest BCUT2D eigenvalue weighted by Gasteiger charge is -2.37. The zero-order valence-electron chi connectivity index (χ0n) is 56.2. The standard InChI is InChI=1S/C93H56N12/c1-9-25-77-69(17-1)85(70-18-2-10-26-78(70)102-77)61-49-94-89(95-50-61)57-33-41-65(42-34-57)93(66-43-35-58(36-44-66)90-96-51-62(52-97-90)86-71-19-3-11-27-79(71)103-80-28-12-4-20-72(80)86,67-45-37-59(38-46-67)91-98-53-63(54-99-91)87-73-21-5-13-29-81(73)104-82-30-14-6-22-74(82)87)68-47-39-60(40-48-68)92-100-55-64(56-101-92)88-75-23-7-15-31-83(75)105-84-32-16-8-24-76(84)88/h1-56H. The number of hydrogen-bond acceptors (Lipinski definition) is 12. The number of aromatic nitrogens is 12. The van der Waals surface area contributed by atoms with E-state index in [0.29, 0.717) is 23.3 Å². The lowest BCUT2D eigenvalue weighted by atomic mass is 9.64. The predicted octanol–water partition coefficient (Wildman–Crippen LogP) is 21.4. The molecule has 488 valence electrons. The zero-order valence-corrected chi connectivity index (χ0v) is 56.2. The number of rotatable bonds is 12. The van der Waals surface area contributed by atoms with Gasteiger partial charge in [0.05, 0.1) is 49.5 Å². The molecule has 0 bridgehead atoms. The molecule has 0 spiro atoms. The molecule has 0 saturated heterocycles. The highest BCUT2D eigenvalue weighted by molar-refractivity contribution is 6.13. The maximum atomic E-state index is 5.09. The van der Waals surface area contributed by atoms with E-state index in [2.05, 4.69) is 243 Å². The molecular weight excluding hydrogens is 1290 g/mol. The van der Waals surface area contributed by atoms with Crippen LogP contribution >= 0.6 is 0 Å². The first-order valence-corrected chi connectivity index (χ1v) is 34.9. The van der Waals surface area contributed by atoms with E-state index in [9.17, 15) is 0 Å². The van der Waals surface area contributed by atoms with Gasteiger partial charge < -0.3 is 0 Å². The fourth-order valence-corrected chi connectivity index (χ4v) is 15.5. The Morgan fingerprint density at radius 1 is 0.152 bits per heavy atom. The highest BCUT2D eigenvalue weighted by Gasteiger charge is 2.39. The van der Waals surface area contributed by atoms with Crippen molar-refractivity contribution < 1.29 is 0 Å². The third kappa shape index (κ3) is 10.4. The van der Waals surface area contributed by atoms with Crippen LogP contribution in [0.2, 0.25) is 0 Å². The number of para-hydroxylation sites is 8. The highest BCUT2D eigenvalue weighted by atomic mass is 14.9. The van der Waals surface area contributed by atoms with E-state index in [4.69, 9.17) is 59.8 Å². The summed E-state index contributed by atoms with van der Waals surface area (Å²) in [5, 5.41) is 8.33. The summed E-state index contributed by atoms with van der Waals surface area (Å²) in [6.45, 7) is 0. The van der Waals surface area contributed by atoms with E-state index >= 15 is 0 Å². The van der Waals surface area contributed by atoms with E-state index in [1.54, 1.807) is 0 Å². The van der Waals surface area contributed by atoms with Crippen molar-refractivity contribution >= 4 is 87.2 Å². The molecule has 0 aliphatic carbocycles. The average molecular weight is 1340 g/mol. The van der Waals surface area contributed by atoms with Crippen LogP contribution in [-0.4, -0.2) is 59.8 Å². The van der Waals surface area contributed by atoms with Crippen LogP contribution in [0.5, 0.6) is 0 Å². The molecule has 0 amide bonds. The van der Waals surface area contributed by atoms with Crippen molar-refractivity contribution in [2.75, 3.05) is 0 Å². The van der Waals surface area contributed by atoms with Gasteiger partial charge in [0.25, 0.3) is 0 Å². The number of nitrogens with zero attached hydrogens (tertiary/aromatic N) is 12. The summed E-state index contributed by atoms with van der Waals surface area (Å²) in [4.78, 5) is 60.7. The Hall–Kier alpha value is -14.4. The van der Waals surface area contributed by atoms with Crippen LogP contribution in [0.1, 0.15) is 22.3 Å². The minimum atomic E-state index is -0.973. The monoisotopic (exact) mass is 1340 g/mol. The molecule has 0 saturated carbocycles. The number of benzene rings is 12. The second kappa shape index (κ2) is 25.1. The van der Waals surface area contributed by atoms with Gasteiger partial charge in [-0.3, -0.25) is 0 Å². The highest BCUT2D eigenvalue weighted by Crippen LogP contribution is 2.48. The summed E-state index contributed by atoms with van der Waals surface area (Å²) in [5.74, 6) is 2.39. The van der Waals surface area contributed by atoms with Crippen molar-refractivity contribution in [2.24, 2.45) is 0 Å². The van der Waals surface area contributed by atoms with Crippen molar-refractivity contribution in [1.82, 2.24) is 59.8 Å². The molecule has 0 radical (unpaired) electrons. The molecular formula is C93H56N12. The number of fused-ring (bicyclic) bond motifs is 8. The second-order valence-corrected chi connectivity index (χ2v) is 26.3. The quantitative estimate of drug-likeness (QED) is 0.0844. The molecule has 12 heteroatoms. The van der Waals surface area contributed by atoms with Gasteiger partial charge in [-0.2, -0.15) is 0 Å². The van der Waals surface area contributed by atoms with Crippen molar-refractivity contribution in [3.63, 3.8) is 0 Å². The molecule has 0 unspecified atom stereocenters. The van der Waals surface area contributed by atoms with Gasteiger partial charge in [0.15, 0.2) is 23.3 Å². The molecule has 0 aliphatic heterocycles. The van der Waals surface area contributed by atoms with Gasteiger partial charge in [-0.25, -0.2) is 59.8 Å². The van der Waals surface area contributed by atoms with Crippen molar-refractivity contribution in [3.8, 4) is 90.1 Å². The smallest absolute Gasteiger partial charge is 0.159 e. The van der Waals surface area contributed by atoms with E-state index < -0.39 is 5.41 Å². The summed E-state index contributed by atoms with van der Waals surface area (Å²) >= 11 is 0. The molecule has 0 atom stereocenters. The fraction of sp³-hybridized carbons (Fsp3) is 0.0108. The third-order valence-electron chi connectivity index (χ3n) is 20.4. The van der Waals surface area contributed by atoms with Crippen LogP contribution in [0.3, 0.4) is 0 Å². The summed E-state index contributed by atoms with van der Waals surface area (Å²) in [6, 6.07) is 101. The maximum absolute atomic E-state index is 5.09. The van der Waals surface area contributed by atoms with Crippen LogP contribution < -0.4 is 0 Å². The topological polar surface area (TPSA) is 155 Å². The minimum absolute atomic E-state index is 0.598. The Morgan fingerprint density at radius 2 is 0.305 bits per heavy atom. The summed E-state index contributed by atoms with van der Waals surface area (Å²) in [7, 11) is 0. The van der Waals surface area contributed by atoms with Crippen molar-refractivity contribution in [2.45, 2.75) is 5.41 Å². The van der Waals surface area contributed by atoms with Crippen LogP contribution in [-0.2, 0) is 5.41 Å². The average Bonchev–Trinajstić information content (AvgIpc) is 1.35. The Kier molecular flexibility index (Phi) is 14.5. The van der Waals surface area contributed by atoms with Gasteiger partial charge in [-0.15, -0.1) is 0 Å².